The second-order valence-corrected chi connectivity index (χ2v) is 12.6. The van der Waals surface area contributed by atoms with Crippen molar-refractivity contribution < 1.29 is 0 Å². The van der Waals surface area contributed by atoms with Crippen LogP contribution in [0.3, 0.4) is 0 Å². The molecule has 5 heavy (non-hydrogen) atoms. The molecule has 0 bridgehead atoms. The van der Waals surface area contributed by atoms with E-state index in [0.717, 1.165) is 0 Å². The van der Waals surface area contributed by atoms with E-state index in [1.54, 1.807) is 0 Å². The molecule has 0 N–H and O–H groups in total. The van der Waals surface area contributed by atoms with E-state index in [1.165, 1.54) is 0 Å². The first-order valence-corrected chi connectivity index (χ1v) is 6.87. The molecule has 0 atom stereocenters. The van der Waals surface area contributed by atoms with E-state index in [9.17, 15) is 0 Å². The molecule has 0 radical (unpaired) electrons. The van der Waals surface area contributed by atoms with Crippen molar-refractivity contribution in [3.8, 4) is 0 Å². The normalized spacial score (nSPS) is 11.8. The zero-order valence-corrected chi connectivity index (χ0v) is 6.46. The molecule has 0 saturated carbocycles. The summed E-state index contributed by atoms with van der Waals surface area (Å²) in [6.07, 6.45) is 0. The summed E-state index contributed by atoms with van der Waals surface area (Å²) in [5.41, 5.74) is -0.514. The first kappa shape index (κ1) is 5.95. The summed E-state index contributed by atoms with van der Waals surface area (Å²) < 4.78 is 0. The molecule has 0 aliphatic heterocycles. The summed E-state index contributed by atoms with van der Waals surface area (Å²) in [5, 5.41) is 0. The van der Waals surface area contributed by atoms with Gasteiger partial charge in [-0.15, -0.1) is 0 Å². The fourth-order valence-electron chi connectivity index (χ4n) is 0. The van der Waals surface area contributed by atoms with Gasteiger partial charge in [-0.05, 0) is 0 Å². The Hall–Kier alpha value is 0.949. The van der Waals surface area contributed by atoms with Gasteiger partial charge in [0.15, 0.2) is 0 Å². The van der Waals surface area contributed by atoms with Gasteiger partial charge in [0, 0.05) is 0 Å². The third-order valence-corrected chi connectivity index (χ3v) is 0. The fourth-order valence-corrected chi connectivity index (χ4v) is 0. The SMILES string of the molecule is CP(C)(C)=[Se]. The summed E-state index contributed by atoms with van der Waals surface area (Å²) in [6, 6.07) is 0. The molecule has 0 heterocycles. The van der Waals surface area contributed by atoms with Crippen LogP contribution in [0.25, 0.3) is 0 Å². The van der Waals surface area contributed by atoms with Crippen LogP contribution in [-0.2, 0) is 0 Å². The third kappa shape index (κ3) is 47.8. The molecular formula is C3H9PSe. The molecule has 0 saturated heterocycles. The fraction of sp³-hybridized carbons (Fsp3) is 1.00. The van der Waals surface area contributed by atoms with Crippen molar-refractivity contribution in [1.82, 2.24) is 0 Å². The average Bonchev–Trinajstić information content (AvgIpc) is 0.722. The molecule has 0 aromatic rings. The van der Waals surface area contributed by atoms with Gasteiger partial charge in [-0.2, -0.15) is 0 Å². The monoisotopic (exact) mass is 156 g/mol. The molecule has 0 spiro atoms. The zero-order chi connectivity index (χ0) is 4.50. The summed E-state index contributed by atoms with van der Waals surface area (Å²) in [4.78, 5) is 0. The minimum absolute atomic E-state index is 0.514. The molecular weight excluding hydrogens is 146 g/mol. The van der Waals surface area contributed by atoms with Gasteiger partial charge in [0.05, 0.1) is 0 Å². The second kappa shape index (κ2) is 1.60. The van der Waals surface area contributed by atoms with Crippen LogP contribution in [0.15, 0.2) is 0 Å². The van der Waals surface area contributed by atoms with Crippen molar-refractivity contribution >= 4 is 20.6 Å². The van der Waals surface area contributed by atoms with Crippen molar-refractivity contribution in [2.24, 2.45) is 0 Å². The Bertz CT molecular complexity index is 53.0. The molecule has 32 valence electrons. The van der Waals surface area contributed by atoms with Gasteiger partial charge in [-0.1, -0.05) is 0 Å². The predicted molar refractivity (Wildman–Crippen MR) is 30.4 cm³/mol. The van der Waals surface area contributed by atoms with Crippen molar-refractivity contribution in [2.45, 2.75) is 0 Å². The van der Waals surface area contributed by atoms with Gasteiger partial charge in [-0.25, -0.2) is 0 Å². The molecule has 0 rings (SSSR count). The van der Waals surface area contributed by atoms with Crippen LogP contribution < -0.4 is 0 Å². The van der Waals surface area contributed by atoms with Crippen LogP contribution in [0.1, 0.15) is 0 Å². The topological polar surface area (TPSA) is 0 Å². The molecule has 0 unspecified atom stereocenters. The quantitative estimate of drug-likeness (QED) is 0.361. The Morgan fingerprint density at radius 2 is 1.20 bits per heavy atom. The van der Waals surface area contributed by atoms with Gasteiger partial charge in [0.2, 0.25) is 0 Å². The van der Waals surface area contributed by atoms with Crippen LogP contribution in [0.4, 0.5) is 0 Å². The van der Waals surface area contributed by atoms with Crippen LogP contribution in [0, 0.1) is 0 Å². The van der Waals surface area contributed by atoms with Crippen LogP contribution in [0.2, 0.25) is 0 Å². The minimum atomic E-state index is -0.514. The standard InChI is InChI=1S/C3H9PSe/c1-4(2,3)5/h1-3H3. The summed E-state index contributed by atoms with van der Waals surface area (Å²) in [5.74, 6) is 0. The second-order valence-electron chi connectivity index (χ2n) is 1.89. The van der Waals surface area contributed by atoms with Crippen LogP contribution >= 0.6 is 5.51 Å². The van der Waals surface area contributed by atoms with E-state index in [0.29, 0.717) is 0 Å². The van der Waals surface area contributed by atoms with Crippen molar-refractivity contribution in [3.05, 3.63) is 0 Å². The average molecular weight is 155 g/mol. The van der Waals surface area contributed by atoms with E-state index in [2.05, 4.69) is 35.1 Å². The Labute approximate surface area is 41.2 Å². The molecule has 0 aromatic carbocycles. The van der Waals surface area contributed by atoms with E-state index in [4.69, 9.17) is 0 Å². The Morgan fingerprint density at radius 3 is 1.20 bits per heavy atom. The maximum atomic E-state index is 3.09. The molecule has 0 nitrogen and oxygen atoms in total. The number of rotatable bonds is 0. The maximum absolute atomic E-state index is 3.09. The van der Waals surface area contributed by atoms with Gasteiger partial charge < -0.3 is 0 Å². The Kier molecular flexibility index (Phi) is 1.90. The summed E-state index contributed by atoms with van der Waals surface area (Å²) >= 11 is 3.09. The Balaban J connectivity index is 3.47. The molecule has 0 amide bonds. The van der Waals surface area contributed by atoms with Gasteiger partial charge >= 0.3 is 40.6 Å². The van der Waals surface area contributed by atoms with Gasteiger partial charge in [-0.3, -0.25) is 0 Å². The van der Waals surface area contributed by atoms with E-state index < -0.39 is 5.51 Å². The molecule has 0 aliphatic carbocycles. The van der Waals surface area contributed by atoms with Crippen LogP contribution in [0.5, 0.6) is 0 Å². The number of hydrogen-bond donors (Lipinski definition) is 0. The molecule has 0 fully saturated rings. The number of hydrogen-bond acceptors (Lipinski definition) is 0. The predicted octanol–water partition coefficient (Wildman–Crippen LogP) is 0.977. The first-order chi connectivity index (χ1) is 2.00. The van der Waals surface area contributed by atoms with Crippen molar-refractivity contribution in [3.63, 3.8) is 0 Å². The molecule has 0 aromatic heterocycles. The van der Waals surface area contributed by atoms with E-state index >= 15 is 0 Å². The van der Waals surface area contributed by atoms with Gasteiger partial charge in [0.1, 0.15) is 0 Å². The zero-order valence-electron chi connectivity index (χ0n) is 3.86. The van der Waals surface area contributed by atoms with Crippen molar-refractivity contribution in [2.75, 3.05) is 20.0 Å². The van der Waals surface area contributed by atoms with E-state index in [1.807, 2.05) is 0 Å². The third-order valence-electron chi connectivity index (χ3n) is 0. The molecule has 0 aliphatic rings. The first-order valence-electron chi connectivity index (χ1n) is 1.52. The summed E-state index contributed by atoms with van der Waals surface area (Å²) in [7, 11) is 0. The van der Waals surface area contributed by atoms with Crippen molar-refractivity contribution in [1.29, 1.82) is 0 Å². The molecule has 2 heteroatoms. The Morgan fingerprint density at radius 1 is 1.20 bits per heavy atom. The summed E-state index contributed by atoms with van der Waals surface area (Å²) in [6.45, 7) is 6.73. The van der Waals surface area contributed by atoms with E-state index in [-0.39, 0.29) is 0 Å². The van der Waals surface area contributed by atoms with Gasteiger partial charge in [0.25, 0.3) is 0 Å². The van der Waals surface area contributed by atoms with Crippen LogP contribution in [-0.4, -0.2) is 35.1 Å².